The van der Waals surface area contributed by atoms with Crippen LogP contribution in [0.3, 0.4) is 0 Å². The fourth-order valence-corrected chi connectivity index (χ4v) is 3.86. The van der Waals surface area contributed by atoms with Gasteiger partial charge in [0.25, 0.3) is 5.09 Å². The topological polar surface area (TPSA) is 121 Å². The zero-order chi connectivity index (χ0) is 20.4. The lowest BCUT2D eigenvalue weighted by Crippen LogP contribution is -2.32. The predicted molar refractivity (Wildman–Crippen MR) is 102 cm³/mol. The van der Waals surface area contributed by atoms with Crippen molar-refractivity contribution in [1.82, 2.24) is 14.8 Å². The summed E-state index contributed by atoms with van der Waals surface area (Å²) in [5.74, 6) is 0.213. The quantitative estimate of drug-likeness (QED) is 0.463. The molecule has 10 nitrogen and oxygen atoms in total. The Bertz CT molecular complexity index is 946. The Hall–Kier alpha value is -3.43. The summed E-state index contributed by atoms with van der Waals surface area (Å²) in [5, 5.41) is 17.0. The number of benzene rings is 1. The number of ether oxygens (including phenoxy) is 1. The van der Waals surface area contributed by atoms with Crippen LogP contribution in [0.4, 0.5) is 5.95 Å². The Balaban J connectivity index is 1.66. The highest BCUT2D eigenvalue weighted by Gasteiger charge is 2.35. The van der Waals surface area contributed by atoms with E-state index in [4.69, 9.17) is 4.74 Å². The van der Waals surface area contributed by atoms with Gasteiger partial charge in [-0.3, -0.25) is 4.84 Å². The summed E-state index contributed by atoms with van der Waals surface area (Å²) in [7, 11) is 0. The second-order valence-corrected chi connectivity index (χ2v) is 7.14. The lowest BCUT2D eigenvalue weighted by atomic mass is 9.95. The Morgan fingerprint density at radius 2 is 1.97 bits per heavy atom. The van der Waals surface area contributed by atoms with E-state index in [2.05, 4.69) is 20.2 Å². The van der Waals surface area contributed by atoms with Crippen LogP contribution in [0.2, 0.25) is 0 Å². The van der Waals surface area contributed by atoms with E-state index in [1.807, 2.05) is 0 Å². The van der Waals surface area contributed by atoms with Crippen molar-refractivity contribution >= 4 is 11.9 Å². The van der Waals surface area contributed by atoms with Gasteiger partial charge < -0.3 is 10.1 Å². The summed E-state index contributed by atoms with van der Waals surface area (Å²) in [6.07, 6.45) is 6.36. The number of rotatable bonds is 5. The van der Waals surface area contributed by atoms with Crippen molar-refractivity contribution in [2.75, 3.05) is 5.32 Å². The van der Waals surface area contributed by atoms with E-state index in [-0.39, 0.29) is 11.9 Å². The SMILES string of the molecule is CC1=C(C(=O)OC2CCCCC2)C(c2ccc(O[N+](=O)[O-])cc2)n2ncnc2N1. The summed E-state index contributed by atoms with van der Waals surface area (Å²) >= 11 is 0. The van der Waals surface area contributed by atoms with E-state index in [0.29, 0.717) is 22.8 Å². The second-order valence-electron chi connectivity index (χ2n) is 7.14. The number of fused-ring (bicyclic) bond motifs is 1. The van der Waals surface area contributed by atoms with Crippen LogP contribution in [-0.2, 0) is 9.53 Å². The average Bonchev–Trinajstić information content (AvgIpc) is 3.16. The van der Waals surface area contributed by atoms with Crippen molar-refractivity contribution in [1.29, 1.82) is 0 Å². The van der Waals surface area contributed by atoms with Crippen LogP contribution >= 0.6 is 0 Å². The standard InChI is InChI=1S/C19H21N5O5/c1-12-16(18(25)28-14-5-3-2-4-6-14)17(23-19(22-12)20-11-21-23)13-7-9-15(10-8-13)29-24(26)27/h7-11,14,17H,2-6H2,1H3,(H,20,21,22). The summed E-state index contributed by atoms with van der Waals surface area (Å²) in [5.41, 5.74) is 1.79. The first-order valence-electron chi connectivity index (χ1n) is 9.53. The number of carbonyl (C=O) groups is 1. The van der Waals surface area contributed by atoms with Gasteiger partial charge in [0.2, 0.25) is 5.95 Å². The van der Waals surface area contributed by atoms with Crippen LogP contribution in [0, 0.1) is 10.1 Å². The fraction of sp³-hybridized carbons (Fsp3) is 0.421. The van der Waals surface area contributed by atoms with Crippen molar-refractivity contribution in [3.8, 4) is 5.75 Å². The molecule has 1 unspecified atom stereocenters. The van der Waals surface area contributed by atoms with Gasteiger partial charge in [-0.05, 0) is 50.3 Å². The van der Waals surface area contributed by atoms with Gasteiger partial charge >= 0.3 is 5.97 Å². The molecule has 1 fully saturated rings. The molecule has 1 N–H and O–H groups in total. The highest BCUT2D eigenvalue weighted by molar-refractivity contribution is 5.92. The average molecular weight is 399 g/mol. The number of anilines is 1. The zero-order valence-corrected chi connectivity index (χ0v) is 15.9. The van der Waals surface area contributed by atoms with E-state index in [1.54, 1.807) is 23.7 Å². The minimum absolute atomic E-state index is 0.0785. The number of nitrogens with zero attached hydrogens (tertiary/aromatic N) is 4. The van der Waals surface area contributed by atoms with E-state index in [1.165, 1.54) is 24.9 Å². The molecule has 1 aliphatic carbocycles. The molecule has 152 valence electrons. The minimum Gasteiger partial charge on any atom is -0.459 e. The lowest BCUT2D eigenvalue weighted by Gasteiger charge is -2.30. The second kappa shape index (κ2) is 7.90. The Morgan fingerprint density at radius 3 is 2.66 bits per heavy atom. The Morgan fingerprint density at radius 1 is 1.24 bits per heavy atom. The number of allylic oxidation sites excluding steroid dienone is 1. The third-order valence-corrected chi connectivity index (χ3v) is 5.22. The number of carbonyl (C=O) groups excluding carboxylic acids is 1. The molecule has 0 spiro atoms. The van der Waals surface area contributed by atoms with Gasteiger partial charge in [-0.1, -0.05) is 18.6 Å². The normalized spacial score (nSPS) is 19.3. The van der Waals surface area contributed by atoms with Crippen molar-refractivity contribution in [3.63, 3.8) is 0 Å². The van der Waals surface area contributed by atoms with Crippen LogP contribution in [0.15, 0.2) is 41.9 Å². The molecule has 2 aliphatic rings. The number of hydrogen-bond acceptors (Lipinski definition) is 8. The van der Waals surface area contributed by atoms with Crippen molar-refractivity contribution in [3.05, 3.63) is 57.5 Å². The number of aromatic nitrogens is 3. The fourth-order valence-electron chi connectivity index (χ4n) is 3.86. The Labute approximate surface area is 166 Å². The summed E-state index contributed by atoms with van der Waals surface area (Å²) < 4.78 is 7.41. The smallest absolute Gasteiger partial charge is 0.338 e. The van der Waals surface area contributed by atoms with Gasteiger partial charge in [-0.15, -0.1) is 10.1 Å². The van der Waals surface area contributed by atoms with Gasteiger partial charge in [-0.25, -0.2) is 9.48 Å². The number of nitrogens with one attached hydrogen (secondary N) is 1. The summed E-state index contributed by atoms with van der Waals surface area (Å²) in [6.45, 7) is 1.80. The molecule has 1 saturated carbocycles. The van der Waals surface area contributed by atoms with E-state index in [0.717, 1.165) is 25.7 Å². The molecular weight excluding hydrogens is 378 g/mol. The monoisotopic (exact) mass is 399 g/mol. The lowest BCUT2D eigenvalue weighted by molar-refractivity contribution is -0.711. The van der Waals surface area contributed by atoms with Crippen LogP contribution < -0.4 is 10.2 Å². The van der Waals surface area contributed by atoms with Crippen molar-refractivity contribution < 1.29 is 19.5 Å². The maximum absolute atomic E-state index is 13.1. The molecule has 10 heteroatoms. The molecule has 0 amide bonds. The van der Waals surface area contributed by atoms with Crippen LogP contribution in [0.25, 0.3) is 0 Å². The molecule has 0 bridgehead atoms. The van der Waals surface area contributed by atoms with Crippen molar-refractivity contribution in [2.45, 2.75) is 51.2 Å². The van der Waals surface area contributed by atoms with E-state index >= 15 is 0 Å². The zero-order valence-electron chi connectivity index (χ0n) is 15.9. The summed E-state index contributed by atoms with van der Waals surface area (Å²) in [6, 6.07) is 5.74. The molecule has 0 radical (unpaired) electrons. The van der Waals surface area contributed by atoms with E-state index in [9.17, 15) is 14.9 Å². The van der Waals surface area contributed by atoms with Crippen LogP contribution in [0.1, 0.15) is 50.6 Å². The van der Waals surface area contributed by atoms with Gasteiger partial charge in [0.15, 0.2) is 0 Å². The maximum atomic E-state index is 13.1. The first-order valence-corrected chi connectivity index (χ1v) is 9.53. The highest BCUT2D eigenvalue weighted by Crippen LogP contribution is 2.36. The summed E-state index contributed by atoms with van der Waals surface area (Å²) in [4.78, 5) is 32.3. The third-order valence-electron chi connectivity index (χ3n) is 5.22. The van der Waals surface area contributed by atoms with Crippen LogP contribution in [-0.4, -0.2) is 31.9 Å². The largest absolute Gasteiger partial charge is 0.459 e. The molecule has 2 heterocycles. The molecule has 0 saturated heterocycles. The molecule has 4 rings (SSSR count). The molecule has 1 atom stereocenters. The molecule has 1 aromatic heterocycles. The van der Waals surface area contributed by atoms with Gasteiger partial charge in [0.1, 0.15) is 24.2 Å². The maximum Gasteiger partial charge on any atom is 0.338 e. The predicted octanol–water partition coefficient (Wildman–Crippen LogP) is 3.01. The van der Waals surface area contributed by atoms with Crippen molar-refractivity contribution in [2.24, 2.45) is 0 Å². The molecular formula is C19H21N5O5. The van der Waals surface area contributed by atoms with Gasteiger partial charge in [0.05, 0.1) is 5.57 Å². The molecule has 29 heavy (non-hydrogen) atoms. The molecule has 1 aromatic carbocycles. The molecule has 2 aromatic rings. The first kappa shape index (κ1) is 18.9. The first-order chi connectivity index (χ1) is 14.0. The third kappa shape index (κ3) is 3.91. The minimum atomic E-state index is -0.869. The number of hydrogen-bond donors (Lipinski definition) is 1. The molecule has 1 aliphatic heterocycles. The highest BCUT2D eigenvalue weighted by atomic mass is 17.0. The van der Waals surface area contributed by atoms with Crippen LogP contribution in [0.5, 0.6) is 5.75 Å². The number of esters is 1. The van der Waals surface area contributed by atoms with Gasteiger partial charge in [0, 0.05) is 5.70 Å². The van der Waals surface area contributed by atoms with Gasteiger partial charge in [-0.2, -0.15) is 10.1 Å². The van der Waals surface area contributed by atoms with E-state index < -0.39 is 17.1 Å². The Kier molecular flexibility index (Phi) is 5.15.